The molecule has 2 heterocycles. The molecule has 2 aromatic carbocycles. The normalized spacial score (nSPS) is 16.7. The number of hydrogen-bond acceptors (Lipinski definition) is 8. The molecular weight excluding hydrogens is 481 g/mol. The summed E-state index contributed by atoms with van der Waals surface area (Å²) in [6, 6.07) is 4.97. The van der Waals surface area contributed by atoms with Gasteiger partial charge in [0.2, 0.25) is 5.91 Å². The Balaban J connectivity index is 1.71. The molecule has 200 valence electrons. The van der Waals surface area contributed by atoms with Crippen LogP contribution in [0, 0.1) is 11.2 Å². The first-order valence-corrected chi connectivity index (χ1v) is 12.1. The molecule has 0 unspecified atom stereocenters. The molecule has 0 spiro atoms. The summed E-state index contributed by atoms with van der Waals surface area (Å²) in [5, 5.41) is 29.7. The smallest absolute Gasteiger partial charge is 0.246 e. The van der Waals surface area contributed by atoms with Crippen molar-refractivity contribution in [3.05, 3.63) is 46.3 Å². The average Bonchev–Trinajstić information content (AvgIpc) is 3.35. The maximum Gasteiger partial charge on any atom is 0.246 e. The van der Waals surface area contributed by atoms with Crippen molar-refractivity contribution in [2.45, 2.75) is 51.5 Å². The zero-order valence-electron chi connectivity index (χ0n) is 22.1. The van der Waals surface area contributed by atoms with Gasteiger partial charge in [0.1, 0.15) is 11.6 Å². The highest BCUT2D eigenvalue weighted by Crippen LogP contribution is 2.44. The number of benzene rings is 2. The summed E-state index contributed by atoms with van der Waals surface area (Å²) in [6.45, 7) is 6.32. The van der Waals surface area contributed by atoms with E-state index >= 15 is 4.39 Å². The maximum absolute atomic E-state index is 15.1. The Kier molecular flexibility index (Phi) is 6.85. The van der Waals surface area contributed by atoms with Crippen molar-refractivity contribution in [3.63, 3.8) is 0 Å². The van der Waals surface area contributed by atoms with Gasteiger partial charge >= 0.3 is 0 Å². The highest BCUT2D eigenvalue weighted by Gasteiger charge is 2.40. The molecule has 0 atom stereocenters. The summed E-state index contributed by atoms with van der Waals surface area (Å²) in [6.07, 6.45) is 0.738. The Morgan fingerprint density at radius 2 is 1.78 bits per heavy atom. The zero-order valence-corrected chi connectivity index (χ0v) is 22.1. The van der Waals surface area contributed by atoms with E-state index < -0.39 is 17.1 Å². The molecule has 9 nitrogen and oxygen atoms in total. The molecule has 37 heavy (non-hydrogen) atoms. The van der Waals surface area contributed by atoms with Gasteiger partial charge in [0.25, 0.3) is 0 Å². The second-order valence-electron chi connectivity index (χ2n) is 10.4. The van der Waals surface area contributed by atoms with Gasteiger partial charge in [0.15, 0.2) is 23.1 Å². The quantitative estimate of drug-likeness (QED) is 0.380. The van der Waals surface area contributed by atoms with Crippen molar-refractivity contribution in [2.24, 2.45) is 0 Å². The average molecular weight is 516 g/mol. The van der Waals surface area contributed by atoms with Crippen molar-refractivity contribution < 1.29 is 33.6 Å². The van der Waals surface area contributed by atoms with Gasteiger partial charge in [-0.15, -0.1) is 0 Å². The van der Waals surface area contributed by atoms with E-state index in [9.17, 15) is 15.0 Å². The summed E-state index contributed by atoms with van der Waals surface area (Å²) in [5.74, 6) is -2.57. The number of carbonyl (C=O) groups is 1. The van der Waals surface area contributed by atoms with Gasteiger partial charge in [-0.25, -0.2) is 4.39 Å². The molecule has 0 bridgehead atoms. The highest BCUT2D eigenvalue weighted by atomic mass is 19.1. The molecule has 3 N–H and O–H groups in total. The molecule has 2 aliphatic rings. The van der Waals surface area contributed by atoms with Gasteiger partial charge in [-0.3, -0.25) is 10.2 Å². The highest BCUT2D eigenvalue weighted by molar-refractivity contribution is 6.06. The number of anilines is 1. The summed E-state index contributed by atoms with van der Waals surface area (Å²) >= 11 is 0. The molecule has 2 aliphatic heterocycles. The van der Waals surface area contributed by atoms with Crippen LogP contribution in [0.25, 0.3) is 0 Å². The van der Waals surface area contributed by atoms with E-state index in [1.54, 1.807) is 18.2 Å². The number of ether oxygens (including phenoxy) is 3. The first-order chi connectivity index (χ1) is 17.3. The minimum Gasteiger partial charge on any atom is -0.494 e. The molecule has 0 saturated carbocycles. The van der Waals surface area contributed by atoms with Crippen molar-refractivity contribution in [3.8, 4) is 17.2 Å². The molecular formula is C27H34FN3O6. The number of methoxy groups -OCH3 is 3. The molecule has 0 amide bonds. The number of nitrogens with zero attached hydrogens (tertiary/aromatic N) is 2. The predicted octanol–water partition coefficient (Wildman–Crippen LogP) is 3.41. The van der Waals surface area contributed by atoms with E-state index in [0.29, 0.717) is 35.5 Å². The number of amidine groups is 1. The van der Waals surface area contributed by atoms with Crippen LogP contribution < -0.4 is 19.1 Å². The Bertz CT molecular complexity index is 1250. The topological polar surface area (TPSA) is 116 Å². The first-order valence-electron chi connectivity index (χ1n) is 12.1. The molecule has 1 fully saturated rings. The Labute approximate surface area is 215 Å². The summed E-state index contributed by atoms with van der Waals surface area (Å²) in [5.41, 5.74) is 1.68. The largest absolute Gasteiger partial charge is 0.494 e. The van der Waals surface area contributed by atoms with E-state index in [-0.39, 0.29) is 48.2 Å². The monoisotopic (exact) mass is 515 g/mol. The van der Waals surface area contributed by atoms with Crippen LogP contribution in [0.5, 0.6) is 17.2 Å². The lowest BCUT2D eigenvalue weighted by Crippen LogP contribution is -2.44. The third-order valence-electron chi connectivity index (χ3n) is 6.96. The fourth-order valence-electron chi connectivity index (χ4n) is 5.07. The summed E-state index contributed by atoms with van der Waals surface area (Å²) in [4.78, 5) is 16.5. The Hall–Kier alpha value is -3.37. The Morgan fingerprint density at radius 3 is 2.32 bits per heavy atom. The van der Waals surface area contributed by atoms with Crippen molar-refractivity contribution in [2.75, 3.05) is 39.3 Å². The lowest BCUT2D eigenvalue weighted by Gasteiger charge is -2.34. The van der Waals surface area contributed by atoms with Gasteiger partial charge in [0, 0.05) is 30.6 Å². The van der Waals surface area contributed by atoms with Crippen molar-refractivity contribution in [1.29, 1.82) is 5.41 Å². The predicted molar refractivity (Wildman–Crippen MR) is 137 cm³/mol. The standard InChI is InChI=1S/C27H34FN3O6/c1-26(2,3)17-10-15(11-18(23(17)36-5)31-9-7-8-27(31,33)34)19(32)14-30-13-16-12-20(35-4)24(37-6)22(28)21(16)25(30)29/h10-12,29,33-34H,7-9,13-14H2,1-6H3. The minimum atomic E-state index is -2.06. The molecule has 0 radical (unpaired) electrons. The summed E-state index contributed by atoms with van der Waals surface area (Å²) in [7, 11) is 4.25. The van der Waals surface area contributed by atoms with E-state index in [4.69, 9.17) is 19.6 Å². The zero-order chi connectivity index (χ0) is 27.3. The number of nitrogens with one attached hydrogen (secondary N) is 1. The number of hydrogen-bond donors (Lipinski definition) is 3. The van der Waals surface area contributed by atoms with Gasteiger partial charge < -0.3 is 34.2 Å². The molecule has 2 aromatic rings. The summed E-state index contributed by atoms with van der Waals surface area (Å²) < 4.78 is 31.2. The van der Waals surface area contributed by atoms with Crippen LogP contribution in [0.3, 0.4) is 0 Å². The second kappa shape index (κ2) is 9.50. The van der Waals surface area contributed by atoms with Crippen LogP contribution in [0.4, 0.5) is 10.1 Å². The first kappa shape index (κ1) is 26.7. The number of aliphatic hydroxyl groups is 2. The van der Waals surface area contributed by atoms with E-state index in [1.807, 2.05) is 20.8 Å². The van der Waals surface area contributed by atoms with Crippen LogP contribution >= 0.6 is 0 Å². The van der Waals surface area contributed by atoms with E-state index in [0.717, 1.165) is 5.56 Å². The lowest BCUT2D eigenvalue weighted by atomic mass is 9.84. The number of rotatable bonds is 7. The van der Waals surface area contributed by atoms with Crippen LogP contribution in [-0.4, -0.2) is 67.1 Å². The molecule has 4 rings (SSSR count). The third kappa shape index (κ3) is 4.59. The SMILES string of the molecule is COc1cc2c(c(F)c1OC)C(=N)N(CC(=O)c1cc(N3CCCC3(O)O)c(OC)c(C(C)(C)C)c1)C2. The van der Waals surface area contributed by atoms with Crippen LogP contribution in [0.1, 0.15) is 60.7 Å². The van der Waals surface area contributed by atoms with Gasteiger partial charge in [-0.05, 0) is 35.6 Å². The Morgan fingerprint density at radius 1 is 1.11 bits per heavy atom. The second-order valence-corrected chi connectivity index (χ2v) is 10.4. The third-order valence-corrected chi connectivity index (χ3v) is 6.96. The molecule has 1 saturated heterocycles. The maximum atomic E-state index is 15.1. The van der Waals surface area contributed by atoms with Crippen LogP contribution in [0.2, 0.25) is 0 Å². The van der Waals surface area contributed by atoms with Crippen molar-refractivity contribution in [1.82, 2.24) is 4.90 Å². The molecule has 10 heteroatoms. The number of halogens is 1. The van der Waals surface area contributed by atoms with Gasteiger partial charge in [-0.2, -0.15) is 0 Å². The fourth-order valence-corrected chi connectivity index (χ4v) is 5.07. The van der Waals surface area contributed by atoms with Crippen LogP contribution in [-0.2, 0) is 12.0 Å². The van der Waals surface area contributed by atoms with E-state index in [2.05, 4.69) is 0 Å². The number of ketones is 1. The minimum absolute atomic E-state index is 0.0821. The molecule has 0 aromatic heterocycles. The lowest BCUT2D eigenvalue weighted by molar-refractivity contribution is -0.149. The van der Waals surface area contributed by atoms with Crippen molar-refractivity contribution >= 4 is 17.3 Å². The van der Waals surface area contributed by atoms with Gasteiger partial charge in [-0.1, -0.05) is 20.8 Å². The number of fused-ring (bicyclic) bond motifs is 1. The van der Waals surface area contributed by atoms with E-state index in [1.165, 1.54) is 31.1 Å². The fraction of sp³-hybridized carbons (Fsp3) is 0.481. The van der Waals surface area contributed by atoms with Gasteiger partial charge in [0.05, 0.1) is 39.1 Å². The number of Topliss-reactive ketones (excluding diaryl/α,β-unsaturated/α-hetero) is 1. The number of carbonyl (C=O) groups excluding carboxylic acids is 1. The molecule has 0 aliphatic carbocycles. The van der Waals surface area contributed by atoms with Crippen LogP contribution in [0.15, 0.2) is 18.2 Å².